The molecule has 0 N–H and O–H groups in total. The molecule has 85 heavy (non-hydrogen) atoms. The molecule has 0 saturated carbocycles. The van der Waals surface area contributed by atoms with E-state index in [1.165, 1.54) is 115 Å². The van der Waals surface area contributed by atoms with Gasteiger partial charge < -0.3 is 9.80 Å². The first-order valence-corrected chi connectivity index (χ1v) is 30.5. The lowest BCUT2D eigenvalue weighted by Crippen LogP contribution is -2.62. The fourth-order valence-corrected chi connectivity index (χ4v) is 14.5. The number of nitrogens with zero attached hydrogens (tertiary/aromatic N) is 4. The summed E-state index contributed by atoms with van der Waals surface area (Å²) in [7, 11) is 0. The maximum atomic E-state index is 5.71. The van der Waals surface area contributed by atoms with Gasteiger partial charge >= 0.3 is 0 Å². The van der Waals surface area contributed by atoms with Crippen LogP contribution in [0.15, 0.2) is 200 Å². The number of para-hydroxylation sites is 1. The highest BCUT2D eigenvalue weighted by Crippen LogP contribution is 2.52. The molecule has 0 bridgehead atoms. The minimum absolute atomic E-state index is 0.144. The first-order valence-electron chi connectivity index (χ1n) is 30.5. The van der Waals surface area contributed by atoms with E-state index in [0.717, 1.165) is 50.5 Å². The average molecular weight is 1100 g/mol. The maximum Gasteiger partial charge on any atom is 0.253 e. The van der Waals surface area contributed by atoms with E-state index in [4.69, 9.17) is 9.97 Å². The van der Waals surface area contributed by atoms with Gasteiger partial charge in [-0.1, -0.05) is 229 Å². The monoisotopic (exact) mass is 1100 g/mol. The Morgan fingerprint density at radius 1 is 0.306 bits per heavy atom. The molecule has 0 atom stereocenters. The second kappa shape index (κ2) is 17.7. The van der Waals surface area contributed by atoms with Crippen LogP contribution >= 0.6 is 0 Å². The van der Waals surface area contributed by atoms with E-state index in [9.17, 15) is 0 Å². The molecule has 412 valence electrons. The second-order valence-corrected chi connectivity index (χ2v) is 28.7. The van der Waals surface area contributed by atoms with Crippen LogP contribution in [0.3, 0.4) is 0 Å². The number of aromatic nitrogens is 2. The molecule has 0 spiro atoms. The van der Waals surface area contributed by atoms with Gasteiger partial charge in [0.05, 0.1) is 11.2 Å². The largest absolute Gasteiger partial charge is 0.311 e. The standard InChI is InChI=1S/C80H69BN4/c1-77(2,3)54-40-55(78(4,5)6)43-58(42-54)84-64-36-51-30-28-46-22-18-24-48-32-34-61(70(51)68(46)48)72(64)81-73-62-35-33-49-25-19-23-47-29-31-52(71(62)69(47)49)37-65(73)85(59-44-56(79(7,8)9)41-57(45-59)80(10,11)12)67-39-53(38-66(84)74(67)81)76-82-63-27-17-16-26-60(63)75(83-76)50-20-14-13-15-21-50/h13-45H,1-12H3. The number of hydrogen-bond donors (Lipinski definition) is 0. The van der Waals surface area contributed by atoms with E-state index in [1.807, 2.05) is 0 Å². The van der Waals surface area contributed by atoms with Crippen LogP contribution in [0.1, 0.15) is 105 Å². The third-order valence-electron chi connectivity index (χ3n) is 19.0. The molecule has 1 aromatic heterocycles. The third-order valence-corrected chi connectivity index (χ3v) is 19.0. The first-order chi connectivity index (χ1) is 40.7. The van der Waals surface area contributed by atoms with Crippen LogP contribution in [0.5, 0.6) is 0 Å². The molecule has 0 amide bonds. The number of anilines is 6. The van der Waals surface area contributed by atoms with E-state index in [0.29, 0.717) is 5.82 Å². The molecular formula is C80H69BN4. The molecule has 0 aliphatic carbocycles. The van der Waals surface area contributed by atoms with Gasteiger partial charge in [0.25, 0.3) is 6.71 Å². The summed E-state index contributed by atoms with van der Waals surface area (Å²) >= 11 is 0. The minimum Gasteiger partial charge on any atom is -0.311 e. The molecule has 4 nitrogen and oxygen atoms in total. The molecule has 3 heterocycles. The lowest BCUT2D eigenvalue weighted by molar-refractivity contribution is 0.568. The van der Waals surface area contributed by atoms with Gasteiger partial charge in [0.1, 0.15) is 0 Å². The normalized spacial score (nSPS) is 13.8. The molecule has 5 heteroatoms. The number of benzene rings is 13. The molecule has 2 aliphatic heterocycles. The average Bonchev–Trinajstić information content (AvgIpc) is 0.715. The lowest BCUT2D eigenvalue weighted by Gasteiger charge is -2.46. The molecular weight excluding hydrogens is 1030 g/mol. The van der Waals surface area contributed by atoms with Crippen LogP contribution in [0.25, 0.3) is 98.2 Å². The van der Waals surface area contributed by atoms with Gasteiger partial charge in [-0.2, -0.15) is 0 Å². The van der Waals surface area contributed by atoms with Crippen molar-refractivity contribution < 1.29 is 0 Å². The van der Waals surface area contributed by atoms with Crippen molar-refractivity contribution in [2.24, 2.45) is 0 Å². The maximum absolute atomic E-state index is 5.71. The first kappa shape index (κ1) is 51.6. The molecule has 14 aromatic rings. The van der Waals surface area contributed by atoms with E-state index in [2.05, 4.69) is 293 Å². The van der Waals surface area contributed by atoms with Gasteiger partial charge in [0.15, 0.2) is 5.82 Å². The zero-order valence-corrected chi connectivity index (χ0v) is 50.9. The topological polar surface area (TPSA) is 32.3 Å². The van der Waals surface area contributed by atoms with Gasteiger partial charge in [-0.3, -0.25) is 0 Å². The molecule has 0 radical (unpaired) electrons. The van der Waals surface area contributed by atoms with E-state index in [-0.39, 0.29) is 28.4 Å². The molecule has 13 aromatic carbocycles. The summed E-state index contributed by atoms with van der Waals surface area (Å²) in [4.78, 5) is 16.6. The smallest absolute Gasteiger partial charge is 0.253 e. The van der Waals surface area contributed by atoms with Gasteiger partial charge in [0.2, 0.25) is 0 Å². The van der Waals surface area contributed by atoms with E-state index < -0.39 is 0 Å². The quantitative estimate of drug-likeness (QED) is 0.130. The Bertz CT molecular complexity index is 4770. The van der Waals surface area contributed by atoms with Crippen molar-refractivity contribution in [3.63, 3.8) is 0 Å². The molecule has 16 rings (SSSR count). The van der Waals surface area contributed by atoms with Crippen LogP contribution in [0.4, 0.5) is 34.1 Å². The zero-order valence-electron chi connectivity index (χ0n) is 50.9. The number of hydrogen-bond acceptors (Lipinski definition) is 4. The van der Waals surface area contributed by atoms with E-state index in [1.54, 1.807) is 0 Å². The Hall–Kier alpha value is -9.06. The Balaban J connectivity index is 1.14. The Kier molecular flexibility index (Phi) is 10.8. The number of rotatable bonds is 4. The van der Waals surface area contributed by atoms with Crippen molar-refractivity contribution in [3.8, 4) is 22.6 Å². The fraction of sp³-hybridized carbons (Fsp3) is 0.200. The highest BCUT2D eigenvalue weighted by Gasteiger charge is 2.47. The second-order valence-electron chi connectivity index (χ2n) is 28.7. The summed E-state index contributed by atoms with van der Waals surface area (Å²) < 4.78 is 0. The van der Waals surface area contributed by atoms with Gasteiger partial charge in [-0.05, 0) is 180 Å². The van der Waals surface area contributed by atoms with Crippen molar-refractivity contribution in [3.05, 3.63) is 222 Å². The summed E-state index contributed by atoms with van der Waals surface area (Å²) in [6, 6.07) is 76.8. The zero-order chi connectivity index (χ0) is 58.4. The molecule has 0 saturated heterocycles. The van der Waals surface area contributed by atoms with Crippen molar-refractivity contribution in [1.29, 1.82) is 0 Å². The van der Waals surface area contributed by atoms with Crippen molar-refractivity contribution in [2.75, 3.05) is 9.80 Å². The predicted octanol–water partition coefficient (Wildman–Crippen LogP) is 20.0. The van der Waals surface area contributed by atoms with Gasteiger partial charge in [0, 0.05) is 50.6 Å². The van der Waals surface area contributed by atoms with Crippen LogP contribution in [0.2, 0.25) is 0 Å². The van der Waals surface area contributed by atoms with Gasteiger partial charge in [-0.15, -0.1) is 0 Å². The highest BCUT2D eigenvalue weighted by atomic mass is 15.2. The van der Waals surface area contributed by atoms with Crippen LogP contribution in [-0.2, 0) is 21.7 Å². The summed E-state index contributed by atoms with van der Waals surface area (Å²) in [6.07, 6.45) is 0. The minimum atomic E-state index is -0.205. The van der Waals surface area contributed by atoms with Crippen LogP contribution in [0, 0.1) is 0 Å². The fourth-order valence-electron chi connectivity index (χ4n) is 14.5. The summed E-state index contributed by atoms with van der Waals surface area (Å²) in [5, 5.41) is 16.4. The van der Waals surface area contributed by atoms with Crippen molar-refractivity contribution in [2.45, 2.75) is 105 Å². The van der Waals surface area contributed by atoms with Crippen molar-refractivity contribution >= 4 is 133 Å². The Labute approximate surface area is 499 Å². The molecule has 0 unspecified atom stereocenters. The predicted molar refractivity (Wildman–Crippen MR) is 367 cm³/mol. The van der Waals surface area contributed by atoms with E-state index >= 15 is 0 Å². The number of fused-ring (bicyclic) bond motifs is 7. The third kappa shape index (κ3) is 7.81. The summed E-state index contributed by atoms with van der Waals surface area (Å²) in [6.45, 7) is 28.1. The summed E-state index contributed by atoms with van der Waals surface area (Å²) in [5.41, 5.74) is 19.3. The Morgan fingerprint density at radius 3 is 1.15 bits per heavy atom. The molecule has 2 aliphatic rings. The molecule has 0 fully saturated rings. The van der Waals surface area contributed by atoms with Crippen molar-refractivity contribution in [1.82, 2.24) is 9.97 Å². The van der Waals surface area contributed by atoms with Crippen LogP contribution in [-0.4, -0.2) is 16.7 Å². The highest BCUT2D eigenvalue weighted by molar-refractivity contribution is 7.03. The van der Waals surface area contributed by atoms with Crippen LogP contribution < -0.4 is 26.2 Å². The SMILES string of the molecule is CC(C)(C)c1cc(N2c3cc(-c4nc(-c5ccccc5)c5ccccc5n4)cc4c3B(c3c2cc2ccc5cccc6ccc3c2c56)c2c(cc3ccc5cccc6ccc2c3c56)N4c2cc(C(C)(C)C)cc(C(C)(C)C)c2)cc(C(C)(C)C)c1. The lowest BCUT2D eigenvalue weighted by atomic mass is 9.32. The Morgan fingerprint density at radius 2 is 0.706 bits per heavy atom. The van der Waals surface area contributed by atoms with Gasteiger partial charge in [-0.25, -0.2) is 9.97 Å². The summed E-state index contributed by atoms with van der Waals surface area (Å²) in [5.74, 6) is 0.688.